The van der Waals surface area contributed by atoms with Gasteiger partial charge >= 0.3 is 5.97 Å². The molecule has 5 nitrogen and oxygen atoms in total. The summed E-state index contributed by atoms with van der Waals surface area (Å²) in [4.78, 5) is 23.1. The fourth-order valence-electron chi connectivity index (χ4n) is 2.57. The van der Waals surface area contributed by atoms with Crippen LogP contribution in [0.5, 0.6) is 0 Å². The molecule has 1 aromatic heterocycles. The van der Waals surface area contributed by atoms with E-state index < -0.39 is 5.97 Å². The first-order valence-electron chi connectivity index (χ1n) is 7.44. The van der Waals surface area contributed by atoms with Gasteiger partial charge in [-0.2, -0.15) is 5.10 Å². The highest BCUT2D eigenvalue weighted by atomic mass is 16.5. The number of rotatable bonds is 4. The third kappa shape index (κ3) is 2.72. The average molecular weight is 320 g/mol. The summed E-state index contributed by atoms with van der Waals surface area (Å²) in [5.74, 6) is -0.391. The molecule has 3 aromatic rings. The second-order valence-corrected chi connectivity index (χ2v) is 5.28. The van der Waals surface area contributed by atoms with Gasteiger partial charge in [0.05, 0.1) is 29.6 Å². The molecule has 0 radical (unpaired) electrons. The number of aromatic nitrogens is 2. The standard InChI is InChI=1S/C19H16N2O3/c1-13-17(12-22)18(14-6-4-3-5-7-14)20-21(13)16-10-8-15(9-11-16)19(23)24-2/h3-12H,1-2H3. The van der Waals surface area contributed by atoms with Crippen LogP contribution in [0.25, 0.3) is 16.9 Å². The van der Waals surface area contributed by atoms with Crippen molar-refractivity contribution in [2.75, 3.05) is 7.11 Å². The fourth-order valence-corrected chi connectivity index (χ4v) is 2.57. The summed E-state index contributed by atoms with van der Waals surface area (Å²) in [7, 11) is 1.34. The minimum absolute atomic E-state index is 0.391. The molecular formula is C19H16N2O3. The van der Waals surface area contributed by atoms with Crippen LogP contribution in [0.15, 0.2) is 54.6 Å². The van der Waals surface area contributed by atoms with Gasteiger partial charge in [0.15, 0.2) is 6.29 Å². The molecule has 0 N–H and O–H groups in total. The highest BCUT2D eigenvalue weighted by molar-refractivity contribution is 5.90. The van der Waals surface area contributed by atoms with Gasteiger partial charge in [-0.1, -0.05) is 30.3 Å². The van der Waals surface area contributed by atoms with Gasteiger partial charge in [0.25, 0.3) is 0 Å². The predicted octanol–water partition coefficient (Wildman–Crippen LogP) is 3.45. The monoisotopic (exact) mass is 320 g/mol. The minimum atomic E-state index is -0.391. The van der Waals surface area contributed by atoms with E-state index in [1.807, 2.05) is 37.3 Å². The number of hydrogen-bond acceptors (Lipinski definition) is 4. The zero-order chi connectivity index (χ0) is 17.1. The van der Waals surface area contributed by atoms with Crippen LogP contribution in [0.2, 0.25) is 0 Å². The number of ether oxygens (including phenoxy) is 1. The van der Waals surface area contributed by atoms with Crippen LogP contribution < -0.4 is 0 Å². The van der Waals surface area contributed by atoms with E-state index in [9.17, 15) is 9.59 Å². The first kappa shape index (κ1) is 15.7. The highest BCUT2D eigenvalue weighted by Crippen LogP contribution is 2.26. The summed E-state index contributed by atoms with van der Waals surface area (Å²) in [6.07, 6.45) is 0.823. The van der Waals surface area contributed by atoms with E-state index in [1.54, 1.807) is 28.9 Å². The molecule has 3 rings (SSSR count). The smallest absolute Gasteiger partial charge is 0.337 e. The van der Waals surface area contributed by atoms with Crippen LogP contribution in [0.4, 0.5) is 0 Å². The second-order valence-electron chi connectivity index (χ2n) is 5.28. The van der Waals surface area contributed by atoms with Crippen molar-refractivity contribution >= 4 is 12.3 Å². The summed E-state index contributed by atoms with van der Waals surface area (Å²) in [5, 5.41) is 4.58. The topological polar surface area (TPSA) is 61.2 Å². The Balaban J connectivity index is 2.08. The van der Waals surface area contributed by atoms with Crippen molar-refractivity contribution in [3.63, 3.8) is 0 Å². The fraction of sp³-hybridized carbons (Fsp3) is 0.105. The quantitative estimate of drug-likeness (QED) is 0.546. The van der Waals surface area contributed by atoms with E-state index in [0.29, 0.717) is 16.8 Å². The van der Waals surface area contributed by atoms with Gasteiger partial charge in [-0.25, -0.2) is 9.48 Å². The third-order valence-corrected chi connectivity index (χ3v) is 3.86. The van der Waals surface area contributed by atoms with Crippen molar-refractivity contribution in [2.45, 2.75) is 6.92 Å². The van der Waals surface area contributed by atoms with Crippen molar-refractivity contribution in [3.05, 3.63) is 71.4 Å². The Morgan fingerprint density at radius 2 is 1.75 bits per heavy atom. The van der Waals surface area contributed by atoms with Crippen molar-refractivity contribution < 1.29 is 14.3 Å². The predicted molar refractivity (Wildman–Crippen MR) is 90.5 cm³/mol. The number of carbonyl (C=O) groups excluding carboxylic acids is 2. The van der Waals surface area contributed by atoms with Gasteiger partial charge in [-0.15, -0.1) is 0 Å². The molecule has 1 heterocycles. The van der Waals surface area contributed by atoms with Gasteiger partial charge in [0.1, 0.15) is 5.69 Å². The number of benzene rings is 2. The first-order valence-corrected chi connectivity index (χ1v) is 7.44. The summed E-state index contributed by atoms with van der Waals surface area (Å²) in [6, 6.07) is 16.5. The normalized spacial score (nSPS) is 10.4. The number of methoxy groups -OCH3 is 1. The molecular weight excluding hydrogens is 304 g/mol. The molecule has 2 aromatic carbocycles. The molecule has 0 aliphatic carbocycles. The Morgan fingerprint density at radius 1 is 1.08 bits per heavy atom. The SMILES string of the molecule is COC(=O)c1ccc(-n2nc(-c3ccccc3)c(C=O)c2C)cc1. The lowest BCUT2D eigenvalue weighted by Gasteiger charge is -2.05. The molecule has 0 saturated heterocycles. The molecule has 0 aliphatic rings. The average Bonchev–Trinajstić information content (AvgIpc) is 2.98. The molecule has 24 heavy (non-hydrogen) atoms. The molecule has 0 spiro atoms. The summed E-state index contributed by atoms with van der Waals surface area (Å²) in [6.45, 7) is 1.84. The lowest BCUT2D eigenvalue weighted by atomic mass is 10.1. The van der Waals surface area contributed by atoms with Gasteiger partial charge in [0, 0.05) is 5.56 Å². The van der Waals surface area contributed by atoms with Crippen LogP contribution in [0, 0.1) is 6.92 Å². The number of hydrogen-bond donors (Lipinski definition) is 0. The van der Waals surface area contributed by atoms with Crippen molar-refractivity contribution in [1.82, 2.24) is 9.78 Å². The maximum Gasteiger partial charge on any atom is 0.337 e. The third-order valence-electron chi connectivity index (χ3n) is 3.86. The van der Waals surface area contributed by atoms with E-state index >= 15 is 0 Å². The van der Waals surface area contributed by atoms with Crippen LogP contribution >= 0.6 is 0 Å². The highest BCUT2D eigenvalue weighted by Gasteiger charge is 2.17. The Kier molecular flexibility index (Phi) is 4.24. The maximum atomic E-state index is 11.5. The number of nitrogens with zero attached hydrogens (tertiary/aromatic N) is 2. The number of aldehydes is 1. The Hall–Kier alpha value is -3.21. The maximum absolute atomic E-state index is 11.5. The molecule has 0 fully saturated rings. The molecule has 0 atom stereocenters. The summed E-state index contributed by atoms with van der Waals surface area (Å²) in [5.41, 5.74) is 4.05. The van der Waals surface area contributed by atoms with Gasteiger partial charge in [-0.05, 0) is 31.2 Å². The Bertz CT molecular complexity index is 881. The molecule has 0 unspecified atom stereocenters. The second kappa shape index (κ2) is 6.50. The van der Waals surface area contributed by atoms with E-state index in [1.165, 1.54) is 7.11 Å². The molecule has 120 valence electrons. The van der Waals surface area contributed by atoms with E-state index in [-0.39, 0.29) is 0 Å². The molecule has 0 amide bonds. The lowest BCUT2D eigenvalue weighted by molar-refractivity contribution is 0.0600. The van der Waals surface area contributed by atoms with Crippen molar-refractivity contribution in [3.8, 4) is 16.9 Å². The Morgan fingerprint density at radius 3 is 2.33 bits per heavy atom. The zero-order valence-corrected chi connectivity index (χ0v) is 13.4. The first-order chi connectivity index (χ1) is 11.7. The molecule has 0 saturated carbocycles. The molecule has 5 heteroatoms. The van der Waals surface area contributed by atoms with Crippen LogP contribution in [0.3, 0.4) is 0 Å². The molecule has 0 bridgehead atoms. The number of carbonyl (C=O) groups is 2. The summed E-state index contributed by atoms with van der Waals surface area (Å²) >= 11 is 0. The van der Waals surface area contributed by atoms with Crippen LogP contribution in [-0.4, -0.2) is 29.1 Å². The van der Waals surface area contributed by atoms with Crippen LogP contribution in [-0.2, 0) is 4.74 Å². The van der Waals surface area contributed by atoms with Crippen LogP contribution in [0.1, 0.15) is 26.4 Å². The van der Waals surface area contributed by atoms with Gasteiger partial charge in [-0.3, -0.25) is 4.79 Å². The largest absolute Gasteiger partial charge is 0.465 e. The van der Waals surface area contributed by atoms with E-state index in [0.717, 1.165) is 23.2 Å². The Labute approximate surface area is 139 Å². The van der Waals surface area contributed by atoms with Crippen molar-refractivity contribution in [1.29, 1.82) is 0 Å². The molecule has 0 aliphatic heterocycles. The van der Waals surface area contributed by atoms with Gasteiger partial charge in [0.2, 0.25) is 0 Å². The number of esters is 1. The lowest BCUT2D eigenvalue weighted by Crippen LogP contribution is -2.03. The van der Waals surface area contributed by atoms with E-state index in [2.05, 4.69) is 5.10 Å². The van der Waals surface area contributed by atoms with E-state index in [4.69, 9.17) is 4.74 Å². The van der Waals surface area contributed by atoms with Gasteiger partial charge < -0.3 is 4.74 Å². The minimum Gasteiger partial charge on any atom is -0.465 e. The summed E-state index contributed by atoms with van der Waals surface area (Å²) < 4.78 is 6.40. The zero-order valence-electron chi connectivity index (χ0n) is 13.4. The van der Waals surface area contributed by atoms with Crippen molar-refractivity contribution in [2.24, 2.45) is 0 Å².